The Labute approximate surface area is 127 Å². The summed E-state index contributed by atoms with van der Waals surface area (Å²) in [6.45, 7) is 8.51. The molecule has 2 aromatic rings. The summed E-state index contributed by atoms with van der Waals surface area (Å²) in [7, 11) is 0. The molecular formula is C14H20N4O2S. The van der Waals surface area contributed by atoms with E-state index >= 15 is 0 Å². The normalized spacial score (nSPS) is 23.8. The Morgan fingerprint density at radius 1 is 1.48 bits per heavy atom. The smallest absolute Gasteiger partial charge is 0.275 e. The van der Waals surface area contributed by atoms with Crippen molar-refractivity contribution in [2.24, 2.45) is 0 Å². The Bertz CT molecular complexity index is 696. The molecule has 0 radical (unpaired) electrons. The topological polar surface area (TPSA) is 59.7 Å². The van der Waals surface area contributed by atoms with Gasteiger partial charge in [0.15, 0.2) is 0 Å². The van der Waals surface area contributed by atoms with Crippen molar-refractivity contribution in [1.82, 2.24) is 19.5 Å². The van der Waals surface area contributed by atoms with E-state index in [4.69, 9.17) is 4.74 Å². The molecule has 1 aliphatic rings. The summed E-state index contributed by atoms with van der Waals surface area (Å²) in [5, 5.41) is 5.21. The van der Waals surface area contributed by atoms with Crippen LogP contribution in [-0.2, 0) is 17.7 Å². The van der Waals surface area contributed by atoms with Crippen molar-refractivity contribution in [1.29, 1.82) is 0 Å². The van der Waals surface area contributed by atoms with Crippen LogP contribution in [0.1, 0.15) is 31.5 Å². The summed E-state index contributed by atoms with van der Waals surface area (Å²) < 4.78 is 7.04. The lowest BCUT2D eigenvalue weighted by atomic mass is 10.2. The largest absolute Gasteiger partial charge is 0.376 e. The fourth-order valence-corrected chi connectivity index (χ4v) is 3.38. The number of fused-ring (bicyclic) bond motifs is 1. The van der Waals surface area contributed by atoms with E-state index in [1.54, 1.807) is 6.07 Å². The molecular weight excluding hydrogens is 288 g/mol. The number of aryl methyl sites for hydroxylation is 1. The molecule has 0 aliphatic carbocycles. The van der Waals surface area contributed by atoms with Crippen molar-refractivity contribution in [2.75, 3.05) is 13.2 Å². The van der Waals surface area contributed by atoms with Gasteiger partial charge in [-0.25, -0.2) is 4.98 Å². The fourth-order valence-electron chi connectivity index (χ4n) is 2.52. The van der Waals surface area contributed by atoms with Gasteiger partial charge in [-0.3, -0.25) is 9.69 Å². The first kappa shape index (κ1) is 14.6. The standard InChI is InChI=1S/C14H20N4O2S/c1-4-12-16-18-13(19)5-11(15-14(18)21-12)7-17-6-10(3)20-8-9(17)2/h5,9-10H,4,6-8H2,1-3H3/t9-,10+/m0/s1. The summed E-state index contributed by atoms with van der Waals surface area (Å²) in [6, 6.07) is 1.94. The van der Waals surface area contributed by atoms with Gasteiger partial charge in [0, 0.05) is 25.2 Å². The Morgan fingerprint density at radius 2 is 2.29 bits per heavy atom. The van der Waals surface area contributed by atoms with E-state index in [0.717, 1.165) is 30.3 Å². The van der Waals surface area contributed by atoms with Gasteiger partial charge < -0.3 is 4.74 Å². The molecule has 3 rings (SSSR count). The lowest BCUT2D eigenvalue weighted by Crippen LogP contribution is -2.46. The molecule has 0 bridgehead atoms. The van der Waals surface area contributed by atoms with E-state index in [0.29, 0.717) is 17.5 Å². The van der Waals surface area contributed by atoms with Gasteiger partial charge >= 0.3 is 0 Å². The molecule has 0 amide bonds. The van der Waals surface area contributed by atoms with Crippen LogP contribution in [0.3, 0.4) is 0 Å². The molecule has 0 N–H and O–H groups in total. The van der Waals surface area contributed by atoms with Crippen molar-refractivity contribution >= 4 is 16.3 Å². The zero-order chi connectivity index (χ0) is 15.0. The predicted octanol–water partition coefficient (Wildman–Crippen LogP) is 1.32. The maximum absolute atomic E-state index is 12.1. The molecule has 2 atom stereocenters. The second-order valence-electron chi connectivity index (χ2n) is 5.55. The zero-order valence-corrected chi connectivity index (χ0v) is 13.4. The van der Waals surface area contributed by atoms with E-state index in [1.807, 2.05) is 6.92 Å². The first-order valence-corrected chi connectivity index (χ1v) is 8.12. The van der Waals surface area contributed by atoms with E-state index < -0.39 is 0 Å². The summed E-state index contributed by atoms with van der Waals surface area (Å²) in [5.41, 5.74) is 0.715. The number of nitrogens with zero attached hydrogens (tertiary/aromatic N) is 4. The molecule has 21 heavy (non-hydrogen) atoms. The van der Waals surface area contributed by atoms with Crippen LogP contribution >= 0.6 is 11.3 Å². The molecule has 0 unspecified atom stereocenters. The van der Waals surface area contributed by atoms with Gasteiger partial charge in [-0.2, -0.15) is 9.61 Å². The van der Waals surface area contributed by atoms with Crippen LogP contribution in [0.2, 0.25) is 0 Å². The second-order valence-corrected chi connectivity index (χ2v) is 6.59. The number of morpholine rings is 1. The highest BCUT2D eigenvalue weighted by molar-refractivity contribution is 7.16. The number of ether oxygens (including phenoxy) is 1. The van der Waals surface area contributed by atoms with Gasteiger partial charge in [0.2, 0.25) is 4.96 Å². The molecule has 6 nitrogen and oxygen atoms in total. The van der Waals surface area contributed by atoms with Crippen molar-refractivity contribution in [3.63, 3.8) is 0 Å². The number of hydrogen-bond donors (Lipinski definition) is 0. The average molecular weight is 308 g/mol. The average Bonchev–Trinajstić information content (AvgIpc) is 2.86. The monoisotopic (exact) mass is 308 g/mol. The van der Waals surface area contributed by atoms with Gasteiger partial charge in [0.25, 0.3) is 5.56 Å². The molecule has 7 heteroatoms. The van der Waals surface area contributed by atoms with E-state index in [9.17, 15) is 4.79 Å². The van der Waals surface area contributed by atoms with Crippen LogP contribution in [0.5, 0.6) is 0 Å². The highest BCUT2D eigenvalue weighted by Crippen LogP contribution is 2.16. The first-order chi connectivity index (χ1) is 10.1. The van der Waals surface area contributed by atoms with Crippen molar-refractivity contribution in [3.05, 3.63) is 27.1 Å². The highest BCUT2D eigenvalue weighted by Gasteiger charge is 2.24. The van der Waals surface area contributed by atoms with E-state index in [1.165, 1.54) is 15.9 Å². The van der Waals surface area contributed by atoms with Gasteiger partial charge in [-0.05, 0) is 20.3 Å². The van der Waals surface area contributed by atoms with Crippen LogP contribution in [0.4, 0.5) is 0 Å². The number of rotatable bonds is 3. The van der Waals surface area contributed by atoms with Gasteiger partial charge in [-0.1, -0.05) is 18.3 Å². The Kier molecular flexibility index (Phi) is 4.05. The van der Waals surface area contributed by atoms with Crippen molar-refractivity contribution < 1.29 is 4.74 Å². The number of hydrogen-bond acceptors (Lipinski definition) is 6. The summed E-state index contributed by atoms with van der Waals surface area (Å²) in [6.07, 6.45) is 1.04. The molecule has 1 fully saturated rings. The van der Waals surface area contributed by atoms with E-state index in [2.05, 4.69) is 28.8 Å². The molecule has 0 aromatic carbocycles. The van der Waals surface area contributed by atoms with Crippen LogP contribution in [0, 0.1) is 0 Å². The maximum atomic E-state index is 12.1. The van der Waals surface area contributed by atoms with Crippen molar-refractivity contribution in [3.8, 4) is 0 Å². The van der Waals surface area contributed by atoms with Crippen LogP contribution in [-0.4, -0.2) is 44.8 Å². The molecule has 2 aromatic heterocycles. The third-order valence-electron chi connectivity index (χ3n) is 3.74. The lowest BCUT2D eigenvalue weighted by molar-refractivity contribution is -0.0530. The predicted molar refractivity (Wildman–Crippen MR) is 81.8 cm³/mol. The van der Waals surface area contributed by atoms with Gasteiger partial charge in [0.1, 0.15) is 5.01 Å². The quantitative estimate of drug-likeness (QED) is 0.856. The first-order valence-electron chi connectivity index (χ1n) is 7.31. The summed E-state index contributed by atoms with van der Waals surface area (Å²) in [4.78, 5) is 19.7. The van der Waals surface area contributed by atoms with Gasteiger partial charge in [-0.15, -0.1) is 0 Å². The Balaban J connectivity index is 1.88. The molecule has 114 valence electrons. The molecule has 1 saturated heterocycles. The Morgan fingerprint density at radius 3 is 3.05 bits per heavy atom. The molecule has 3 heterocycles. The molecule has 0 saturated carbocycles. The summed E-state index contributed by atoms with van der Waals surface area (Å²) in [5.74, 6) is 0. The SMILES string of the molecule is CCc1nn2c(=O)cc(CN3C[C@@H](C)OC[C@@H]3C)nc2s1. The van der Waals surface area contributed by atoms with Gasteiger partial charge in [0.05, 0.1) is 18.4 Å². The lowest BCUT2D eigenvalue weighted by Gasteiger charge is -2.36. The Hall–Kier alpha value is -1.31. The minimum absolute atomic E-state index is 0.0973. The fraction of sp³-hybridized carbons (Fsp3) is 0.643. The van der Waals surface area contributed by atoms with Crippen LogP contribution < -0.4 is 5.56 Å². The maximum Gasteiger partial charge on any atom is 0.275 e. The molecule has 0 spiro atoms. The zero-order valence-electron chi connectivity index (χ0n) is 12.6. The third kappa shape index (κ3) is 3.00. The molecule has 1 aliphatic heterocycles. The summed E-state index contributed by atoms with van der Waals surface area (Å²) >= 11 is 1.49. The van der Waals surface area contributed by atoms with Crippen LogP contribution in [0.15, 0.2) is 10.9 Å². The second kappa shape index (κ2) is 5.82. The minimum Gasteiger partial charge on any atom is -0.376 e. The third-order valence-corrected chi connectivity index (χ3v) is 4.80. The van der Waals surface area contributed by atoms with Crippen LogP contribution in [0.25, 0.3) is 4.96 Å². The minimum atomic E-state index is -0.0973. The van der Waals surface area contributed by atoms with E-state index in [-0.39, 0.29) is 11.7 Å². The van der Waals surface area contributed by atoms with Crippen molar-refractivity contribution in [2.45, 2.75) is 45.9 Å². The highest BCUT2D eigenvalue weighted by atomic mass is 32.1. The number of aromatic nitrogens is 3.